The summed E-state index contributed by atoms with van der Waals surface area (Å²) in [5.41, 5.74) is 1.48. The van der Waals surface area contributed by atoms with Crippen LogP contribution < -0.4 is 5.32 Å². The Bertz CT molecular complexity index is 649. The van der Waals surface area contributed by atoms with Crippen LogP contribution in [0.5, 0.6) is 0 Å². The molecule has 0 aliphatic heterocycles. The van der Waals surface area contributed by atoms with E-state index < -0.39 is 6.10 Å². The molecular formula is C16H17ClN2O2. The Morgan fingerprint density at radius 1 is 1.38 bits per heavy atom. The number of para-hydroxylation sites is 1. The zero-order chi connectivity index (χ0) is 14.8. The average molecular weight is 305 g/mol. The van der Waals surface area contributed by atoms with Gasteiger partial charge in [-0.15, -0.1) is 0 Å². The first-order valence-corrected chi connectivity index (χ1v) is 7.39. The van der Waals surface area contributed by atoms with Crippen LogP contribution in [0.2, 0.25) is 5.02 Å². The van der Waals surface area contributed by atoms with Crippen LogP contribution in [0.3, 0.4) is 0 Å². The smallest absolute Gasteiger partial charge is 0.244 e. The maximum Gasteiger partial charge on any atom is 0.244 e. The van der Waals surface area contributed by atoms with Gasteiger partial charge in [-0.3, -0.25) is 4.79 Å². The second-order valence-electron chi connectivity index (χ2n) is 5.43. The third-order valence-corrected chi connectivity index (χ3v) is 3.99. The Hall–Kier alpha value is -1.78. The molecule has 1 aliphatic carbocycles. The number of hydrogen-bond acceptors (Lipinski definition) is 2. The summed E-state index contributed by atoms with van der Waals surface area (Å²) < 4.78 is 1.77. The quantitative estimate of drug-likeness (QED) is 0.891. The Kier molecular flexibility index (Phi) is 3.99. The van der Waals surface area contributed by atoms with Crippen molar-refractivity contribution < 1.29 is 9.90 Å². The highest BCUT2D eigenvalue weighted by Crippen LogP contribution is 2.40. The van der Waals surface area contributed by atoms with Crippen molar-refractivity contribution in [2.75, 3.05) is 5.32 Å². The van der Waals surface area contributed by atoms with Gasteiger partial charge in [0.05, 0.1) is 16.8 Å². The van der Waals surface area contributed by atoms with Gasteiger partial charge in [0, 0.05) is 12.4 Å². The van der Waals surface area contributed by atoms with Crippen molar-refractivity contribution in [1.82, 2.24) is 4.57 Å². The van der Waals surface area contributed by atoms with E-state index in [4.69, 9.17) is 11.6 Å². The molecule has 4 nitrogen and oxygen atoms in total. The fourth-order valence-corrected chi connectivity index (χ4v) is 2.52. The van der Waals surface area contributed by atoms with Crippen LogP contribution in [-0.4, -0.2) is 15.6 Å². The SMILES string of the molecule is O=C(Cn1ccc(C(O)C2CC2)c1)Nc1ccccc1Cl. The molecule has 1 heterocycles. The molecule has 1 saturated carbocycles. The van der Waals surface area contributed by atoms with Gasteiger partial charge in [0.1, 0.15) is 6.54 Å². The summed E-state index contributed by atoms with van der Waals surface area (Å²) in [6.07, 6.45) is 5.40. The number of hydrogen-bond donors (Lipinski definition) is 2. The predicted molar refractivity (Wildman–Crippen MR) is 82.2 cm³/mol. The van der Waals surface area contributed by atoms with Crippen LogP contribution in [0.4, 0.5) is 5.69 Å². The highest BCUT2D eigenvalue weighted by molar-refractivity contribution is 6.33. The van der Waals surface area contributed by atoms with Gasteiger partial charge in [0.25, 0.3) is 0 Å². The zero-order valence-electron chi connectivity index (χ0n) is 11.5. The first-order chi connectivity index (χ1) is 10.1. The fraction of sp³-hybridized carbons (Fsp3) is 0.312. The molecule has 2 aromatic rings. The Balaban J connectivity index is 1.61. The average Bonchev–Trinajstić information content (AvgIpc) is 3.21. The number of aliphatic hydroxyl groups is 1. The summed E-state index contributed by atoms with van der Waals surface area (Å²) in [6.45, 7) is 0.197. The first kappa shape index (κ1) is 14.2. The molecule has 1 fully saturated rings. The van der Waals surface area contributed by atoms with E-state index in [0.717, 1.165) is 18.4 Å². The second-order valence-corrected chi connectivity index (χ2v) is 5.83. The van der Waals surface area contributed by atoms with Crippen molar-refractivity contribution in [3.63, 3.8) is 0 Å². The minimum atomic E-state index is -0.405. The number of amides is 1. The molecule has 110 valence electrons. The molecule has 1 aliphatic rings. The van der Waals surface area contributed by atoms with E-state index >= 15 is 0 Å². The van der Waals surface area contributed by atoms with Gasteiger partial charge in [-0.2, -0.15) is 0 Å². The molecule has 0 saturated heterocycles. The van der Waals surface area contributed by atoms with Gasteiger partial charge in [0.15, 0.2) is 0 Å². The molecule has 0 bridgehead atoms. The summed E-state index contributed by atoms with van der Waals surface area (Å²) in [5, 5.41) is 13.3. The molecule has 5 heteroatoms. The standard InChI is InChI=1S/C16H17ClN2O2/c17-13-3-1-2-4-14(13)18-15(20)10-19-8-7-12(9-19)16(21)11-5-6-11/h1-4,7-9,11,16,21H,5-6,10H2,(H,18,20). The van der Waals surface area contributed by atoms with Crippen LogP contribution in [0.15, 0.2) is 42.7 Å². The molecule has 2 N–H and O–H groups in total. The number of carbonyl (C=O) groups excluding carboxylic acids is 1. The van der Waals surface area contributed by atoms with Gasteiger partial charge in [-0.25, -0.2) is 0 Å². The number of carbonyl (C=O) groups is 1. The summed E-state index contributed by atoms with van der Waals surface area (Å²) in [7, 11) is 0. The number of nitrogens with one attached hydrogen (secondary N) is 1. The van der Waals surface area contributed by atoms with E-state index in [2.05, 4.69) is 5.32 Å². The molecule has 1 atom stereocenters. The maximum atomic E-state index is 12.0. The summed E-state index contributed by atoms with van der Waals surface area (Å²) in [6, 6.07) is 9.00. The fourth-order valence-electron chi connectivity index (χ4n) is 2.33. The van der Waals surface area contributed by atoms with Gasteiger partial charge in [0.2, 0.25) is 5.91 Å². The number of aliphatic hydroxyl groups excluding tert-OH is 1. The molecule has 3 rings (SSSR count). The molecule has 1 aromatic carbocycles. The largest absolute Gasteiger partial charge is 0.388 e. The minimum Gasteiger partial charge on any atom is -0.388 e. The molecule has 21 heavy (non-hydrogen) atoms. The van der Waals surface area contributed by atoms with Crippen molar-refractivity contribution in [3.05, 3.63) is 53.3 Å². The van der Waals surface area contributed by atoms with E-state index in [0.29, 0.717) is 16.6 Å². The van der Waals surface area contributed by atoms with Crippen LogP contribution in [0, 0.1) is 5.92 Å². The van der Waals surface area contributed by atoms with E-state index in [1.807, 2.05) is 30.6 Å². The van der Waals surface area contributed by atoms with E-state index in [-0.39, 0.29) is 12.5 Å². The Morgan fingerprint density at radius 3 is 2.86 bits per heavy atom. The number of nitrogens with zero attached hydrogens (tertiary/aromatic N) is 1. The van der Waals surface area contributed by atoms with Crippen LogP contribution in [0.25, 0.3) is 0 Å². The van der Waals surface area contributed by atoms with E-state index in [1.54, 1.807) is 16.7 Å². The van der Waals surface area contributed by atoms with Crippen molar-refractivity contribution in [3.8, 4) is 0 Å². The predicted octanol–water partition coefficient (Wildman–Crippen LogP) is 3.22. The number of halogens is 1. The lowest BCUT2D eigenvalue weighted by Gasteiger charge is -2.08. The molecule has 0 radical (unpaired) electrons. The Labute approximate surface area is 128 Å². The second kappa shape index (κ2) is 5.92. The number of anilines is 1. The number of rotatable bonds is 5. The van der Waals surface area contributed by atoms with Crippen LogP contribution in [-0.2, 0) is 11.3 Å². The molecule has 0 spiro atoms. The zero-order valence-corrected chi connectivity index (χ0v) is 12.3. The van der Waals surface area contributed by atoms with Crippen molar-refractivity contribution in [2.24, 2.45) is 5.92 Å². The molecule has 1 unspecified atom stereocenters. The number of aromatic nitrogens is 1. The monoisotopic (exact) mass is 304 g/mol. The van der Waals surface area contributed by atoms with E-state index in [1.165, 1.54) is 0 Å². The molecular weight excluding hydrogens is 288 g/mol. The van der Waals surface area contributed by atoms with Gasteiger partial charge >= 0.3 is 0 Å². The normalized spacial score (nSPS) is 15.7. The van der Waals surface area contributed by atoms with Crippen molar-refractivity contribution in [1.29, 1.82) is 0 Å². The Morgan fingerprint density at radius 2 is 2.14 bits per heavy atom. The van der Waals surface area contributed by atoms with Crippen molar-refractivity contribution >= 4 is 23.2 Å². The highest BCUT2D eigenvalue weighted by atomic mass is 35.5. The summed E-state index contributed by atoms with van der Waals surface area (Å²) in [4.78, 5) is 12.0. The lowest BCUT2D eigenvalue weighted by atomic mass is 10.1. The van der Waals surface area contributed by atoms with Crippen LogP contribution >= 0.6 is 11.6 Å². The molecule has 1 aromatic heterocycles. The van der Waals surface area contributed by atoms with Gasteiger partial charge < -0.3 is 15.0 Å². The summed E-state index contributed by atoms with van der Waals surface area (Å²) >= 11 is 6.00. The number of benzene rings is 1. The third kappa shape index (κ3) is 3.46. The van der Waals surface area contributed by atoms with Crippen molar-refractivity contribution in [2.45, 2.75) is 25.5 Å². The first-order valence-electron chi connectivity index (χ1n) is 7.01. The van der Waals surface area contributed by atoms with Crippen LogP contribution in [0.1, 0.15) is 24.5 Å². The van der Waals surface area contributed by atoms with Gasteiger partial charge in [-0.05, 0) is 42.5 Å². The maximum absolute atomic E-state index is 12.0. The van der Waals surface area contributed by atoms with E-state index in [9.17, 15) is 9.90 Å². The lowest BCUT2D eigenvalue weighted by Crippen LogP contribution is -2.18. The lowest BCUT2D eigenvalue weighted by molar-refractivity contribution is -0.116. The topological polar surface area (TPSA) is 54.3 Å². The third-order valence-electron chi connectivity index (χ3n) is 3.66. The highest BCUT2D eigenvalue weighted by Gasteiger charge is 2.31. The minimum absolute atomic E-state index is 0.147. The molecule has 1 amide bonds. The summed E-state index contributed by atoms with van der Waals surface area (Å²) in [5.74, 6) is 0.240. The van der Waals surface area contributed by atoms with Gasteiger partial charge in [-0.1, -0.05) is 23.7 Å².